The van der Waals surface area contributed by atoms with Gasteiger partial charge in [0.1, 0.15) is 18.8 Å². The summed E-state index contributed by atoms with van der Waals surface area (Å²) in [5.41, 5.74) is -0.659. The van der Waals surface area contributed by atoms with Gasteiger partial charge in [-0.3, -0.25) is 4.79 Å². The van der Waals surface area contributed by atoms with Gasteiger partial charge in [-0.25, -0.2) is 4.79 Å². The number of hydrogen-bond donors (Lipinski definition) is 0. The molecule has 2 aliphatic carbocycles. The molecule has 0 radical (unpaired) electrons. The van der Waals surface area contributed by atoms with E-state index in [1.807, 2.05) is 44.2 Å². The fourth-order valence-corrected chi connectivity index (χ4v) is 8.16. The maximum atomic E-state index is 13.6. The van der Waals surface area contributed by atoms with Gasteiger partial charge in [0.05, 0.1) is 55.4 Å². The Kier molecular flexibility index (Phi) is 6.47. The number of methoxy groups -OCH3 is 2. The molecule has 5 fully saturated rings. The van der Waals surface area contributed by atoms with Crippen LogP contribution in [-0.2, 0) is 49.3 Å². The summed E-state index contributed by atoms with van der Waals surface area (Å²) in [6, 6.07) is 9.87. The minimum atomic E-state index is -0.896. The second kappa shape index (κ2) is 9.45. The normalized spacial score (nSPS) is 39.8. The number of carbonyl (C=O) groups excluding carboxylic acids is 2. The van der Waals surface area contributed by atoms with Crippen molar-refractivity contribution in [1.29, 1.82) is 0 Å². The molecule has 1 aromatic carbocycles. The van der Waals surface area contributed by atoms with E-state index in [2.05, 4.69) is 0 Å². The third-order valence-electron chi connectivity index (χ3n) is 9.23. The molecule has 3 heterocycles. The molecule has 1 aromatic rings. The van der Waals surface area contributed by atoms with Crippen LogP contribution in [0.25, 0.3) is 0 Å². The molecule has 10 heteroatoms. The van der Waals surface area contributed by atoms with Gasteiger partial charge in [0.2, 0.25) is 0 Å². The Morgan fingerprint density at radius 1 is 0.947 bits per heavy atom. The number of fused-ring (bicyclic) bond motifs is 4. The smallest absolute Gasteiger partial charge is 0.465 e. The fourth-order valence-electron chi connectivity index (χ4n) is 8.16. The van der Waals surface area contributed by atoms with Crippen molar-refractivity contribution in [2.24, 2.45) is 28.6 Å². The third-order valence-corrected chi connectivity index (χ3v) is 9.23. The van der Waals surface area contributed by atoms with E-state index in [-0.39, 0.29) is 44.2 Å². The Balaban J connectivity index is 1.45. The van der Waals surface area contributed by atoms with Crippen molar-refractivity contribution in [3.8, 4) is 0 Å². The number of benzene rings is 1. The molecule has 208 valence electrons. The summed E-state index contributed by atoms with van der Waals surface area (Å²) < 4.78 is 48.4. The van der Waals surface area contributed by atoms with Crippen molar-refractivity contribution >= 4 is 12.1 Å². The molecular weight excluding hydrogens is 496 g/mol. The van der Waals surface area contributed by atoms with E-state index in [0.29, 0.717) is 13.0 Å². The molecule has 0 N–H and O–H groups in total. The molecule has 2 bridgehead atoms. The zero-order valence-electron chi connectivity index (χ0n) is 22.3. The highest BCUT2D eigenvalue weighted by molar-refractivity contribution is 5.77. The molecule has 6 rings (SSSR count). The van der Waals surface area contributed by atoms with Crippen LogP contribution in [0.4, 0.5) is 4.79 Å². The first-order valence-corrected chi connectivity index (χ1v) is 13.2. The lowest BCUT2D eigenvalue weighted by molar-refractivity contribution is -0.296. The Hall–Kier alpha value is -2.24. The standard InChI is InChI=1S/C28H36O10/c1-26(2)37-21-17(12-33-11-16-8-6-5-7-9-16)20-24(29)34-15-28(20)19-10-18(35-25(30)36-19)27(13-31-3,14-32-4)23(28)22(21)38-26/h5-9,17-23H,10-15H2,1-4H3/t17-,18-,19+,20-,21+,22+,23+,28-/m1/s1. The molecule has 3 aliphatic heterocycles. The number of ether oxygens (including phenoxy) is 8. The Labute approximate surface area is 222 Å². The SMILES string of the molecule is COCC1(COC)[C@H]2C[C@H](OC(=O)O2)[C@]23COC(=O)[C@H]2[C@@H](COCc2ccccc2)[C@@H]2OC(C)(C)O[C@@H]2[C@@H]13. The molecule has 0 unspecified atom stereocenters. The van der Waals surface area contributed by atoms with Gasteiger partial charge in [-0.15, -0.1) is 0 Å². The second-order valence-corrected chi connectivity index (χ2v) is 11.7. The largest absolute Gasteiger partial charge is 0.508 e. The summed E-state index contributed by atoms with van der Waals surface area (Å²) in [5, 5.41) is 0. The lowest BCUT2D eigenvalue weighted by Crippen LogP contribution is -2.75. The van der Waals surface area contributed by atoms with Gasteiger partial charge in [0.25, 0.3) is 0 Å². The molecule has 0 amide bonds. The second-order valence-electron chi connectivity index (χ2n) is 11.7. The molecule has 10 nitrogen and oxygen atoms in total. The minimum absolute atomic E-state index is 0.100. The molecule has 1 spiro atoms. The molecule has 3 saturated heterocycles. The van der Waals surface area contributed by atoms with Crippen LogP contribution in [0, 0.1) is 28.6 Å². The zero-order chi connectivity index (χ0) is 26.7. The van der Waals surface area contributed by atoms with Crippen LogP contribution in [-0.4, -0.2) is 83.0 Å². The van der Waals surface area contributed by atoms with E-state index in [1.54, 1.807) is 14.2 Å². The highest BCUT2D eigenvalue weighted by atomic mass is 16.8. The summed E-state index contributed by atoms with van der Waals surface area (Å²) in [5.74, 6) is -2.61. The third kappa shape index (κ3) is 3.79. The summed E-state index contributed by atoms with van der Waals surface area (Å²) in [6.45, 7) is 4.98. The van der Waals surface area contributed by atoms with E-state index in [1.165, 1.54) is 0 Å². The van der Waals surface area contributed by atoms with Crippen molar-refractivity contribution in [2.75, 3.05) is 40.6 Å². The maximum absolute atomic E-state index is 13.6. The van der Waals surface area contributed by atoms with E-state index >= 15 is 0 Å². The van der Waals surface area contributed by atoms with E-state index in [0.717, 1.165) is 5.56 Å². The number of cyclic esters (lactones) is 1. The molecule has 0 aromatic heterocycles. The predicted octanol–water partition coefficient (Wildman–Crippen LogP) is 2.72. The van der Waals surface area contributed by atoms with Crippen molar-refractivity contribution < 1.29 is 47.5 Å². The average molecular weight is 533 g/mol. The maximum Gasteiger partial charge on any atom is 0.508 e. The van der Waals surface area contributed by atoms with Gasteiger partial charge in [0, 0.05) is 32.5 Å². The molecule has 2 saturated carbocycles. The Bertz CT molecular complexity index is 1050. The van der Waals surface area contributed by atoms with Crippen LogP contribution in [0.2, 0.25) is 0 Å². The first kappa shape index (κ1) is 26.0. The quantitative estimate of drug-likeness (QED) is 0.464. The molecule has 38 heavy (non-hydrogen) atoms. The van der Waals surface area contributed by atoms with Crippen LogP contribution in [0.15, 0.2) is 30.3 Å². The van der Waals surface area contributed by atoms with Gasteiger partial charge in [-0.05, 0) is 19.4 Å². The van der Waals surface area contributed by atoms with Crippen LogP contribution in [0.5, 0.6) is 0 Å². The van der Waals surface area contributed by atoms with Crippen LogP contribution < -0.4 is 0 Å². The highest BCUT2D eigenvalue weighted by Crippen LogP contribution is 2.68. The van der Waals surface area contributed by atoms with E-state index < -0.39 is 53.1 Å². The predicted molar refractivity (Wildman–Crippen MR) is 130 cm³/mol. The highest BCUT2D eigenvalue weighted by Gasteiger charge is 2.80. The summed E-state index contributed by atoms with van der Waals surface area (Å²) in [7, 11) is 3.23. The van der Waals surface area contributed by atoms with Gasteiger partial charge in [-0.1, -0.05) is 30.3 Å². The van der Waals surface area contributed by atoms with Crippen LogP contribution >= 0.6 is 0 Å². The number of carbonyl (C=O) groups is 2. The lowest BCUT2D eigenvalue weighted by Gasteiger charge is -2.64. The molecule has 8 atom stereocenters. The van der Waals surface area contributed by atoms with E-state index in [9.17, 15) is 9.59 Å². The summed E-state index contributed by atoms with van der Waals surface area (Å²) in [6.07, 6.45) is -2.41. The van der Waals surface area contributed by atoms with Crippen molar-refractivity contribution in [3.63, 3.8) is 0 Å². The lowest BCUT2D eigenvalue weighted by atomic mass is 9.42. The van der Waals surface area contributed by atoms with Gasteiger partial charge in [0.15, 0.2) is 5.79 Å². The number of rotatable bonds is 8. The van der Waals surface area contributed by atoms with Crippen molar-refractivity contribution in [3.05, 3.63) is 35.9 Å². The van der Waals surface area contributed by atoms with Gasteiger partial charge in [-0.2, -0.15) is 0 Å². The average Bonchev–Trinajstić information content (AvgIpc) is 3.39. The van der Waals surface area contributed by atoms with Gasteiger partial charge >= 0.3 is 12.1 Å². The number of hydrogen-bond acceptors (Lipinski definition) is 10. The first-order chi connectivity index (χ1) is 18.3. The molecular formula is C28H36O10. The monoisotopic (exact) mass is 532 g/mol. The van der Waals surface area contributed by atoms with E-state index in [4.69, 9.17) is 37.9 Å². The van der Waals surface area contributed by atoms with Crippen molar-refractivity contribution in [2.45, 2.75) is 57.1 Å². The Morgan fingerprint density at radius 2 is 1.63 bits per heavy atom. The molecule has 5 aliphatic rings. The Morgan fingerprint density at radius 3 is 2.34 bits per heavy atom. The van der Waals surface area contributed by atoms with Gasteiger partial charge < -0.3 is 37.9 Å². The minimum Gasteiger partial charge on any atom is -0.465 e. The van der Waals surface area contributed by atoms with Crippen molar-refractivity contribution in [1.82, 2.24) is 0 Å². The summed E-state index contributed by atoms with van der Waals surface area (Å²) >= 11 is 0. The first-order valence-electron chi connectivity index (χ1n) is 13.2. The van der Waals surface area contributed by atoms with Crippen LogP contribution in [0.3, 0.4) is 0 Å². The fraction of sp³-hybridized carbons (Fsp3) is 0.714. The topological polar surface area (TPSA) is 108 Å². The summed E-state index contributed by atoms with van der Waals surface area (Å²) in [4.78, 5) is 26.3. The zero-order valence-corrected chi connectivity index (χ0v) is 22.3. The van der Waals surface area contributed by atoms with Crippen LogP contribution in [0.1, 0.15) is 25.8 Å². The number of esters is 1.